The van der Waals surface area contributed by atoms with E-state index in [-0.39, 0.29) is 0 Å². The SMILES string of the molecule is CC1=C(C)C(C)C(C[P+](c2ccccc2)(c2ccccc2)c2ccccc2)=C1C. The second-order valence-electron chi connectivity index (χ2n) is 8.15. The summed E-state index contributed by atoms with van der Waals surface area (Å²) in [4.78, 5) is 0. The number of benzene rings is 3. The van der Waals surface area contributed by atoms with Crippen molar-refractivity contribution in [1.82, 2.24) is 0 Å². The molecule has 0 saturated carbocycles. The lowest BCUT2D eigenvalue weighted by atomic mass is 10.00. The Morgan fingerprint density at radius 3 is 1.28 bits per heavy atom. The molecule has 0 nitrogen and oxygen atoms in total. The van der Waals surface area contributed by atoms with Gasteiger partial charge in [-0.2, -0.15) is 0 Å². The van der Waals surface area contributed by atoms with E-state index in [4.69, 9.17) is 0 Å². The van der Waals surface area contributed by atoms with Crippen molar-refractivity contribution in [2.45, 2.75) is 27.7 Å². The summed E-state index contributed by atoms with van der Waals surface area (Å²) in [6.07, 6.45) is 1.10. The van der Waals surface area contributed by atoms with E-state index in [2.05, 4.69) is 119 Å². The molecule has 146 valence electrons. The van der Waals surface area contributed by atoms with Crippen molar-refractivity contribution in [3.8, 4) is 0 Å². The fourth-order valence-electron chi connectivity index (χ4n) is 4.73. The molecule has 0 saturated heterocycles. The first-order valence-electron chi connectivity index (χ1n) is 10.5. The quantitative estimate of drug-likeness (QED) is 0.444. The van der Waals surface area contributed by atoms with Gasteiger partial charge in [-0.1, -0.05) is 67.1 Å². The molecule has 1 aliphatic rings. The molecule has 1 unspecified atom stereocenters. The number of hydrogen-bond acceptors (Lipinski definition) is 0. The first-order valence-corrected chi connectivity index (χ1v) is 12.5. The van der Waals surface area contributed by atoms with E-state index in [0.717, 1.165) is 6.16 Å². The Hall–Kier alpha value is -2.43. The summed E-state index contributed by atoms with van der Waals surface area (Å²) in [5.41, 5.74) is 6.14. The van der Waals surface area contributed by atoms with Crippen LogP contribution in [-0.2, 0) is 0 Å². The number of hydrogen-bond donors (Lipinski definition) is 0. The molecule has 0 aromatic heterocycles. The third kappa shape index (κ3) is 3.41. The van der Waals surface area contributed by atoms with Gasteiger partial charge in [-0.05, 0) is 73.9 Å². The van der Waals surface area contributed by atoms with Crippen LogP contribution in [0.1, 0.15) is 27.7 Å². The monoisotopic (exact) mass is 397 g/mol. The molecule has 0 spiro atoms. The van der Waals surface area contributed by atoms with E-state index in [0.29, 0.717) is 5.92 Å². The van der Waals surface area contributed by atoms with Crippen LogP contribution in [0.2, 0.25) is 0 Å². The summed E-state index contributed by atoms with van der Waals surface area (Å²) in [7, 11) is -1.81. The first kappa shape index (κ1) is 19.9. The lowest BCUT2D eigenvalue weighted by molar-refractivity contribution is 0.817. The minimum absolute atomic E-state index is 0.519. The fraction of sp³-hybridized carbons (Fsp3) is 0.214. The van der Waals surface area contributed by atoms with Crippen LogP contribution in [-0.4, -0.2) is 6.16 Å². The molecule has 1 atom stereocenters. The normalized spacial score (nSPS) is 17.2. The van der Waals surface area contributed by atoms with Crippen molar-refractivity contribution in [2.24, 2.45) is 5.92 Å². The van der Waals surface area contributed by atoms with Crippen LogP contribution in [0.15, 0.2) is 113 Å². The molecule has 29 heavy (non-hydrogen) atoms. The maximum atomic E-state index is 2.39. The Labute approximate surface area is 176 Å². The number of allylic oxidation sites excluding steroid dienone is 4. The molecule has 3 aromatic rings. The predicted molar refractivity (Wildman–Crippen MR) is 130 cm³/mol. The van der Waals surface area contributed by atoms with Crippen molar-refractivity contribution in [3.63, 3.8) is 0 Å². The van der Waals surface area contributed by atoms with Gasteiger partial charge in [0.05, 0.1) is 6.16 Å². The zero-order valence-electron chi connectivity index (χ0n) is 17.9. The summed E-state index contributed by atoms with van der Waals surface area (Å²) >= 11 is 0. The van der Waals surface area contributed by atoms with Crippen LogP contribution in [0.25, 0.3) is 0 Å². The van der Waals surface area contributed by atoms with Gasteiger partial charge < -0.3 is 0 Å². The molecular formula is C28H30P+. The van der Waals surface area contributed by atoms with E-state index in [1.807, 2.05) is 0 Å². The predicted octanol–water partition coefficient (Wildman–Crippen LogP) is 6.28. The molecule has 4 rings (SSSR count). The smallest absolute Gasteiger partial charge is 0.0631 e. The molecule has 0 bridgehead atoms. The molecule has 0 radical (unpaired) electrons. The molecule has 0 amide bonds. The highest BCUT2D eigenvalue weighted by Crippen LogP contribution is 2.59. The van der Waals surface area contributed by atoms with Gasteiger partial charge in [0, 0.05) is 5.92 Å². The van der Waals surface area contributed by atoms with E-state index in [9.17, 15) is 0 Å². The Kier molecular flexibility index (Phi) is 5.57. The Morgan fingerprint density at radius 1 is 0.586 bits per heavy atom. The van der Waals surface area contributed by atoms with Gasteiger partial charge in [-0.3, -0.25) is 0 Å². The average Bonchev–Trinajstić information content (AvgIpc) is 2.96. The summed E-state index contributed by atoms with van der Waals surface area (Å²) in [6.45, 7) is 9.32. The number of rotatable bonds is 5. The highest BCUT2D eigenvalue weighted by atomic mass is 31.2. The van der Waals surface area contributed by atoms with E-state index in [1.165, 1.54) is 32.6 Å². The van der Waals surface area contributed by atoms with E-state index in [1.54, 1.807) is 5.57 Å². The maximum Gasteiger partial charge on any atom is 0.116 e. The summed E-state index contributed by atoms with van der Waals surface area (Å²) in [6, 6.07) is 33.6. The topological polar surface area (TPSA) is 0 Å². The van der Waals surface area contributed by atoms with Crippen LogP contribution in [0, 0.1) is 5.92 Å². The minimum Gasteiger partial charge on any atom is -0.0631 e. The largest absolute Gasteiger partial charge is 0.116 e. The van der Waals surface area contributed by atoms with Crippen LogP contribution in [0.5, 0.6) is 0 Å². The summed E-state index contributed by atoms with van der Waals surface area (Å²) in [5, 5.41) is 4.39. The Morgan fingerprint density at radius 2 is 0.966 bits per heavy atom. The second-order valence-corrected chi connectivity index (χ2v) is 11.6. The summed E-state index contributed by atoms with van der Waals surface area (Å²) < 4.78 is 0. The van der Waals surface area contributed by atoms with Crippen LogP contribution < -0.4 is 15.9 Å². The van der Waals surface area contributed by atoms with Gasteiger partial charge in [0.15, 0.2) is 0 Å². The lowest BCUT2D eigenvalue weighted by Crippen LogP contribution is -2.34. The van der Waals surface area contributed by atoms with Crippen LogP contribution in [0.4, 0.5) is 0 Å². The molecule has 1 aliphatic carbocycles. The van der Waals surface area contributed by atoms with Crippen molar-refractivity contribution in [1.29, 1.82) is 0 Å². The molecular weight excluding hydrogens is 367 g/mol. The second kappa shape index (κ2) is 8.13. The third-order valence-corrected chi connectivity index (χ3v) is 11.2. The van der Waals surface area contributed by atoms with Crippen LogP contribution >= 0.6 is 7.26 Å². The zero-order valence-corrected chi connectivity index (χ0v) is 18.8. The molecule has 0 aliphatic heterocycles. The average molecular weight is 398 g/mol. The highest BCUT2D eigenvalue weighted by Gasteiger charge is 2.47. The van der Waals surface area contributed by atoms with Crippen molar-refractivity contribution in [2.75, 3.05) is 6.16 Å². The zero-order chi connectivity index (χ0) is 20.4. The van der Waals surface area contributed by atoms with Gasteiger partial charge in [-0.15, -0.1) is 0 Å². The van der Waals surface area contributed by atoms with Gasteiger partial charge in [0.25, 0.3) is 0 Å². The van der Waals surface area contributed by atoms with Gasteiger partial charge in [-0.25, -0.2) is 0 Å². The Balaban J connectivity index is 1.99. The first-order chi connectivity index (χ1) is 14.1. The Bertz CT molecular complexity index is 947. The maximum absolute atomic E-state index is 2.39. The van der Waals surface area contributed by atoms with Crippen molar-refractivity contribution < 1.29 is 0 Å². The van der Waals surface area contributed by atoms with Gasteiger partial charge in [0.1, 0.15) is 23.2 Å². The molecule has 0 fully saturated rings. The van der Waals surface area contributed by atoms with Gasteiger partial charge in [0.2, 0.25) is 0 Å². The summed E-state index contributed by atoms with van der Waals surface area (Å²) in [5.74, 6) is 0.519. The van der Waals surface area contributed by atoms with Gasteiger partial charge >= 0.3 is 0 Å². The molecule has 0 N–H and O–H groups in total. The lowest BCUT2D eigenvalue weighted by Gasteiger charge is -2.30. The molecule has 0 heterocycles. The van der Waals surface area contributed by atoms with E-state index >= 15 is 0 Å². The molecule has 1 heteroatoms. The minimum atomic E-state index is -1.81. The van der Waals surface area contributed by atoms with E-state index < -0.39 is 7.26 Å². The fourth-order valence-corrected chi connectivity index (χ4v) is 9.23. The van der Waals surface area contributed by atoms with Crippen LogP contribution in [0.3, 0.4) is 0 Å². The standard InChI is InChI=1S/C28H30P/c1-21-22(2)24(4)28(23(21)3)20-29(25-14-8-5-9-15-25,26-16-10-6-11-17-26)27-18-12-7-13-19-27/h5-19,23H,20H2,1-4H3/q+1. The van der Waals surface area contributed by atoms with Crippen molar-refractivity contribution in [3.05, 3.63) is 113 Å². The highest BCUT2D eigenvalue weighted by molar-refractivity contribution is 7.95. The van der Waals surface area contributed by atoms with Crippen molar-refractivity contribution >= 4 is 23.2 Å². The molecule has 3 aromatic carbocycles. The third-order valence-electron chi connectivity index (χ3n) is 6.81.